The number of benzene rings is 1. The third-order valence-electron chi connectivity index (χ3n) is 3.96. The second-order valence-electron chi connectivity index (χ2n) is 5.62. The Morgan fingerprint density at radius 2 is 2.29 bits per heavy atom. The lowest BCUT2D eigenvalue weighted by Crippen LogP contribution is -2.35. The van der Waals surface area contributed by atoms with Crippen LogP contribution in [0.3, 0.4) is 0 Å². The van der Waals surface area contributed by atoms with Crippen molar-refractivity contribution >= 4 is 22.0 Å². The maximum absolute atomic E-state index is 4.71. The number of nitrogens with zero attached hydrogens (tertiary/aromatic N) is 3. The maximum atomic E-state index is 4.71. The van der Waals surface area contributed by atoms with Crippen molar-refractivity contribution in [1.82, 2.24) is 14.7 Å². The van der Waals surface area contributed by atoms with E-state index < -0.39 is 0 Å². The van der Waals surface area contributed by atoms with Gasteiger partial charge in [-0.15, -0.1) is 11.3 Å². The molecule has 108 valence electrons. The highest BCUT2D eigenvalue weighted by molar-refractivity contribution is 7.15. The quantitative estimate of drug-likeness (QED) is 0.789. The highest BCUT2D eigenvalue weighted by atomic mass is 32.1. The van der Waals surface area contributed by atoms with Crippen LogP contribution in [0, 0.1) is 0 Å². The maximum Gasteiger partial charge on any atom is 0.193 e. The number of anilines is 1. The van der Waals surface area contributed by atoms with Gasteiger partial charge >= 0.3 is 0 Å². The van der Waals surface area contributed by atoms with Gasteiger partial charge in [-0.25, -0.2) is 4.98 Å². The lowest BCUT2D eigenvalue weighted by atomic mass is 10.1. The lowest BCUT2D eigenvalue weighted by Gasteiger charge is -2.25. The monoisotopic (exact) mass is 298 g/mol. The molecule has 0 saturated carbocycles. The molecule has 3 aromatic rings. The molecule has 21 heavy (non-hydrogen) atoms. The summed E-state index contributed by atoms with van der Waals surface area (Å²) in [5.74, 6) is 0. The molecule has 1 unspecified atom stereocenters. The topological polar surface area (TPSA) is 32.6 Å². The average Bonchev–Trinajstić information content (AvgIpc) is 3.01. The number of hydrogen-bond donors (Lipinski definition) is 1. The predicted molar refractivity (Wildman–Crippen MR) is 86.9 cm³/mol. The first-order valence-electron chi connectivity index (χ1n) is 7.27. The second-order valence-corrected chi connectivity index (χ2v) is 6.49. The SMILES string of the molecule is CC1CN(Cc2cn3ccsc3n2)c2ccccc2CN1. The fraction of sp³-hybridized carbons (Fsp3) is 0.312. The van der Waals surface area contributed by atoms with Crippen LogP contribution in [0.1, 0.15) is 18.2 Å². The highest BCUT2D eigenvalue weighted by Crippen LogP contribution is 2.25. The number of thiazole rings is 1. The molecule has 0 saturated heterocycles. The molecule has 4 rings (SSSR count). The molecule has 1 aliphatic rings. The van der Waals surface area contributed by atoms with Crippen molar-refractivity contribution in [3.05, 3.63) is 53.3 Å². The van der Waals surface area contributed by atoms with E-state index in [0.29, 0.717) is 6.04 Å². The molecule has 5 heteroatoms. The zero-order chi connectivity index (χ0) is 14.2. The van der Waals surface area contributed by atoms with Crippen LogP contribution in [-0.2, 0) is 13.1 Å². The molecule has 0 radical (unpaired) electrons. The van der Waals surface area contributed by atoms with Crippen molar-refractivity contribution in [1.29, 1.82) is 0 Å². The summed E-state index contributed by atoms with van der Waals surface area (Å²) < 4.78 is 2.10. The van der Waals surface area contributed by atoms with E-state index in [0.717, 1.165) is 30.3 Å². The minimum Gasteiger partial charge on any atom is -0.364 e. The van der Waals surface area contributed by atoms with Crippen LogP contribution in [0.15, 0.2) is 42.0 Å². The number of aromatic nitrogens is 2. The standard InChI is InChI=1S/C16H18N4S/c1-12-9-20(15-5-3-2-4-13(15)8-17-12)11-14-10-19-6-7-21-16(19)18-14/h2-7,10,12,17H,8-9,11H2,1H3. The van der Waals surface area contributed by atoms with E-state index in [1.54, 1.807) is 11.3 Å². The largest absolute Gasteiger partial charge is 0.364 e. The number of fused-ring (bicyclic) bond motifs is 2. The van der Waals surface area contributed by atoms with E-state index in [1.165, 1.54) is 11.3 Å². The highest BCUT2D eigenvalue weighted by Gasteiger charge is 2.19. The normalized spacial score (nSPS) is 18.7. The fourth-order valence-electron chi connectivity index (χ4n) is 2.94. The minimum absolute atomic E-state index is 0.473. The Hall–Kier alpha value is -1.85. The first-order valence-corrected chi connectivity index (χ1v) is 8.15. The summed E-state index contributed by atoms with van der Waals surface area (Å²) in [5, 5.41) is 5.64. The van der Waals surface area contributed by atoms with Crippen molar-refractivity contribution in [2.75, 3.05) is 11.4 Å². The first kappa shape index (κ1) is 12.9. The van der Waals surface area contributed by atoms with Crippen LogP contribution >= 0.6 is 11.3 Å². The summed E-state index contributed by atoms with van der Waals surface area (Å²) in [6.07, 6.45) is 4.20. The van der Waals surface area contributed by atoms with E-state index >= 15 is 0 Å². The molecule has 1 atom stereocenters. The molecular formula is C16H18N4S. The van der Waals surface area contributed by atoms with Gasteiger partial charge in [-0.05, 0) is 18.6 Å². The number of imidazole rings is 1. The number of rotatable bonds is 2. The summed E-state index contributed by atoms with van der Waals surface area (Å²) in [5.41, 5.74) is 3.82. The fourth-order valence-corrected chi connectivity index (χ4v) is 3.66. The van der Waals surface area contributed by atoms with E-state index in [2.05, 4.69) is 63.6 Å². The summed E-state index contributed by atoms with van der Waals surface area (Å²) in [4.78, 5) is 8.22. The van der Waals surface area contributed by atoms with Crippen LogP contribution in [-0.4, -0.2) is 22.0 Å². The second kappa shape index (κ2) is 5.16. The van der Waals surface area contributed by atoms with Crippen molar-refractivity contribution in [3.63, 3.8) is 0 Å². The molecule has 3 heterocycles. The first-order chi connectivity index (χ1) is 10.3. The molecule has 0 spiro atoms. The van der Waals surface area contributed by atoms with E-state index in [-0.39, 0.29) is 0 Å². The molecule has 1 aromatic carbocycles. The van der Waals surface area contributed by atoms with Crippen LogP contribution in [0.25, 0.3) is 4.96 Å². The smallest absolute Gasteiger partial charge is 0.193 e. The summed E-state index contributed by atoms with van der Waals surface area (Å²) in [7, 11) is 0. The number of hydrogen-bond acceptors (Lipinski definition) is 4. The average molecular weight is 298 g/mol. The Bertz CT molecular complexity index is 732. The van der Waals surface area contributed by atoms with Gasteiger partial charge in [0.1, 0.15) is 0 Å². The van der Waals surface area contributed by atoms with Gasteiger partial charge < -0.3 is 10.2 Å². The minimum atomic E-state index is 0.473. The Balaban J connectivity index is 1.67. The van der Waals surface area contributed by atoms with Crippen LogP contribution in [0.5, 0.6) is 0 Å². The molecule has 2 aromatic heterocycles. The van der Waals surface area contributed by atoms with Crippen molar-refractivity contribution < 1.29 is 0 Å². The van der Waals surface area contributed by atoms with Crippen molar-refractivity contribution in [2.24, 2.45) is 0 Å². The van der Waals surface area contributed by atoms with E-state index in [1.807, 2.05) is 0 Å². The molecule has 1 aliphatic heterocycles. The van der Waals surface area contributed by atoms with E-state index in [9.17, 15) is 0 Å². The van der Waals surface area contributed by atoms with Crippen LogP contribution in [0.4, 0.5) is 5.69 Å². The summed E-state index contributed by atoms with van der Waals surface area (Å²) in [6, 6.07) is 9.13. The van der Waals surface area contributed by atoms with Gasteiger partial charge in [-0.2, -0.15) is 0 Å². The van der Waals surface area contributed by atoms with Crippen LogP contribution in [0.2, 0.25) is 0 Å². The number of para-hydroxylation sites is 1. The van der Waals surface area contributed by atoms with Crippen molar-refractivity contribution in [3.8, 4) is 0 Å². The summed E-state index contributed by atoms with van der Waals surface area (Å²) in [6.45, 7) is 5.04. The zero-order valence-electron chi connectivity index (χ0n) is 12.0. The Morgan fingerprint density at radius 3 is 3.19 bits per heavy atom. The Morgan fingerprint density at radius 1 is 1.38 bits per heavy atom. The van der Waals surface area contributed by atoms with Gasteiger partial charge in [0.2, 0.25) is 0 Å². The molecule has 0 bridgehead atoms. The van der Waals surface area contributed by atoms with Crippen molar-refractivity contribution in [2.45, 2.75) is 26.1 Å². The predicted octanol–water partition coefficient (Wildman–Crippen LogP) is 2.89. The third-order valence-corrected chi connectivity index (χ3v) is 4.73. The molecule has 1 N–H and O–H groups in total. The van der Waals surface area contributed by atoms with Gasteiger partial charge in [0.15, 0.2) is 4.96 Å². The van der Waals surface area contributed by atoms with Gasteiger partial charge in [0, 0.05) is 42.6 Å². The molecular weight excluding hydrogens is 280 g/mol. The van der Waals surface area contributed by atoms with E-state index in [4.69, 9.17) is 4.98 Å². The molecule has 0 amide bonds. The van der Waals surface area contributed by atoms with Gasteiger partial charge in [-0.1, -0.05) is 18.2 Å². The molecule has 0 aliphatic carbocycles. The zero-order valence-corrected chi connectivity index (χ0v) is 12.8. The lowest BCUT2D eigenvalue weighted by molar-refractivity contribution is 0.551. The summed E-state index contributed by atoms with van der Waals surface area (Å²) >= 11 is 1.68. The number of nitrogens with one attached hydrogen (secondary N) is 1. The molecule has 0 fully saturated rings. The van der Waals surface area contributed by atoms with Gasteiger partial charge in [0.05, 0.1) is 12.2 Å². The Labute approximate surface area is 128 Å². The van der Waals surface area contributed by atoms with Crippen LogP contribution < -0.4 is 10.2 Å². The van der Waals surface area contributed by atoms with Gasteiger partial charge in [0.25, 0.3) is 0 Å². The van der Waals surface area contributed by atoms with Gasteiger partial charge in [-0.3, -0.25) is 4.40 Å². The Kier molecular flexibility index (Phi) is 3.16. The third kappa shape index (κ3) is 2.43. The molecule has 4 nitrogen and oxygen atoms in total.